The van der Waals surface area contributed by atoms with Crippen LogP contribution in [0.25, 0.3) is 10.8 Å². The highest BCUT2D eigenvalue weighted by Gasteiger charge is 2.24. The van der Waals surface area contributed by atoms with Crippen LogP contribution in [0.5, 0.6) is 5.75 Å². The second kappa shape index (κ2) is 6.71. The first-order valence-electron chi connectivity index (χ1n) is 8.39. The first kappa shape index (κ1) is 16.0. The Hall–Kier alpha value is -1.87. The SMILES string of the molecule is COc1ccc(C(=O)CN2CC(C)CC(C)C2)c2ccccc12. The van der Waals surface area contributed by atoms with Gasteiger partial charge in [0.25, 0.3) is 0 Å². The maximum atomic E-state index is 12.9. The lowest BCUT2D eigenvalue weighted by atomic mass is 9.91. The molecule has 0 N–H and O–H groups in total. The summed E-state index contributed by atoms with van der Waals surface area (Å²) in [4.78, 5) is 15.2. The molecule has 1 aliphatic heterocycles. The maximum Gasteiger partial charge on any atom is 0.177 e. The summed E-state index contributed by atoms with van der Waals surface area (Å²) in [6.07, 6.45) is 1.26. The maximum absolute atomic E-state index is 12.9. The highest BCUT2D eigenvalue weighted by molar-refractivity contribution is 6.10. The van der Waals surface area contributed by atoms with Gasteiger partial charge in [-0.1, -0.05) is 38.1 Å². The minimum Gasteiger partial charge on any atom is -0.496 e. The van der Waals surface area contributed by atoms with Crippen molar-refractivity contribution in [2.45, 2.75) is 20.3 Å². The standard InChI is InChI=1S/C20H25NO2/c1-14-10-15(2)12-21(11-14)13-19(22)17-8-9-20(23-3)18-7-5-4-6-16(17)18/h4-9,14-15H,10-13H2,1-3H3. The average Bonchev–Trinajstić information content (AvgIpc) is 2.52. The summed E-state index contributed by atoms with van der Waals surface area (Å²) in [7, 11) is 1.67. The minimum atomic E-state index is 0.199. The average molecular weight is 311 g/mol. The lowest BCUT2D eigenvalue weighted by Crippen LogP contribution is -2.41. The number of benzene rings is 2. The van der Waals surface area contributed by atoms with Crippen molar-refractivity contribution in [3.8, 4) is 5.75 Å². The lowest BCUT2D eigenvalue weighted by molar-refractivity contribution is 0.0851. The molecule has 0 spiro atoms. The van der Waals surface area contributed by atoms with Crippen molar-refractivity contribution in [1.29, 1.82) is 0 Å². The number of fused-ring (bicyclic) bond motifs is 1. The van der Waals surface area contributed by atoms with Crippen LogP contribution < -0.4 is 4.74 Å². The van der Waals surface area contributed by atoms with Gasteiger partial charge >= 0.3 is 0 Å². The van der Waals surface area contributed by atoms with Crippen LogP contribution in [-0.2, 0) is 0 Å². The number of piperidine rings is 1. The number of methoxy groups -OCH3 is 1. The molecule has 2 unspecified atom stereocenters. The fourth-order valence-electron chi connectivity index (χ4n) is 3.90. The monoisotopic (exact) mass is 311 g/mol. The second-order valence-corrected chi connectivity index (χ2v) is 6.92. The van der Waals surface area contributed by atoms with Gasteiger partial charge in [0.2, 0.25) is 0 Å². The molecule has 0 bridgehead atoms. The molecule has 0 saturated carbocycles. The summed E-state index contributed by atoms with van der Waals surface area (Å²) in [6.45, 7) is 7.09. The Balaban J connectivity index is 1.87. The van der Waals surface area contributed by atoms with Gasteiger partial charge in [0.15, 0.2) is 5.78 Å². The first-order chi connectivity index (χ1) is 11.1. The van der Waals surface area contributed by atoms with Crippen LogP contribution in [0.1, 0.15) is 30.6 Å². The quantitative estimate of drug-likeness (QED) is 0.799. The molecule has 0 aliphatic carbocycles. The predicted octanol–water partition coefficient (Wildman–Crippen LogP) is 4.01. The third kappa shape index (κ3) is 3.40. The van der Waals surface area contributed by atoms with Gasteiger partial charge in [-0.25, -0.2) is 0 Å². The van der Waals surface area contributed by atoms with Gasteiger partial charge in [0.05, 0.1) is 13.7 Å². The molecule has 2 aromatic carbocycles. The van der Waals surface area contributed by atoms with E-state index in [1.54, 1.807) is 7.11 Å². The van der Waals surface area contributed by atoms with Crippen molar-refractivity contribution in [2.24, 2.45) is 11.8 Å². The zero-order valence-electron chi connectivity index (χ0n) is 14.2. The molecule has 3 nitrogen and oxygen atoms in total. The van der Waals surface area contributed by atoms with E-state index in [2.05, 4.69) is 18.7 Å². The number of hydrogen-bond donors (Lipinski definition) is 0. The van der Waals surface area contributed by atoms with Crippen LogP contribution in [0.15, 0.2) is 36.4 Å². The van der Waals surface area contributed by atoms with E-state index in [0.717, 1.165) is 35.2 Å². The molecule has 2 atom stereocenters. The van der Waals surface area contributed by atoms with Crippen LogP contribution >= 0.6 is 0 Å². The number of nitrogens with zero attached hydrogens (tertiary/aromatic N) is 1. The van der Waals surface area contributed by atoms with Gasteiger partial charge in [-0.05, 0) is 35.8 Å². The Kier molecular flexibility index (Phi) is 4.67. The van der Waals surface area contributed by atoms with Crippen molar-refractivity contribution >= 4 is 16.6 Å². The van der Waals surface area contributed by atoms with E-state index >= 15 is 0 Å². The summed E-state index contributed by atoms with van der Waals surface area (Å²) < 4.78 is 5.42. The number of Topliss-reactive ketones (excluding diaryl/α,β-unsaturated/α-hetero) is 1. The van der Waals surface area contributed by atoms with E-state index in [1.807, 2.05) is 36.4 Å². The molecule has 1 fully saturated rings. The summed E-state index contributed by atoms with van der Waals surface area (Å²) in [5, 5.41) is 1.98. The fraction of sp³-hybridized carbons (Fsp3) is 0.450. The number of hydrogen-bond acceptors (Lipinski definition) is 3. The Morgan fingerprint density at radius 1 is 1.09 bits per heavy atom. The third-order valence-corrected chi connectivity index (χ3v) is 4.72. The molecular formula is C20H25NO2. The van der Waals surface area contributed by atoms with E-state index in [4.69, 9.17) is 4.74 Å². The fourth-order valence-corrected chi connectivity index (χ4v) is 3.90. The molecule has 0 amide bonds. The van der Waals surface area contributed by atoms with Crippen LogP contribution in [0.4, 0.5) is 0 Å². The number of carbonyl (C=O) groups is 1. The number of likely N-dealkylation sites (tertiary alicyclic amines) is 1. The van der Waals surface area contributed by atoms with E-state index < -0.39 is 0 Å². The van der Waals surface area contributed by atoms with Crippen LogP contribution in [0.2, 0.25) is 0 Å². The Labute approximate surface area is 138 Å². The highest BCUT2D eigenvalue weighted by atomic mass is 16.5. The van der Waals surface area contributed by atoms with Gasteiger partial charge in [0, 0.05) is 24.0 Å². The van der Waals surface area contributed by atoms with Gasteiger partial charge in [0.1, 0.15) is 5.75 Å². The Morgan fingerprint density at radius 3 is 2.39 bits per heavy atom. The van der Waals surface area contributed by atoms with Crippen LogP contribution in [0, 0.1) is 11.8 Å². The zero-order chi connectivity index (χ0) is 16.4. The van der Waals surface area contributed by atoms with Crippen molar-refractivity contribution in [2.75, 3.05) is 26.7 Å². The van der Waals surface area contributed by atoms with E-state index in [-0.39, 0.29) is 5.78 Å². The Morgan fingerprint density at radius 2 is 1.74 bits per heavy atom. The zero-order valence-corrected chi connectivity index (χ0v) is 14.2. The molecular weight excluding hydrogens is 286 g/mol. The molecule has 0 radical (unpaired) electrons. The van der Waals surface area contributed by atoms with Crippen molar-refractivity contribution in [3.63, 3.8) is 0 Å². The Bertz CT molecular complexity index is 700. The molecule has 1 heterocycles. The highest BCUT2D eigenvalue weighted by Crippen LogP contribution is 2.29. The number of ketones is 1. The van der Waals surface area contributed by atoms with Gasteiger partial charge < -0.3 is 4.74 Å². The van der Waals surface area contributed by atoms with Crippen molar-refractivity contribution < 1.29 is 9.53 Å². The molecule has 0 aromatic heterocycles. The number of carbonyl (C=O) groups excluding carboxylic acids is 1. The molecule has 3 rings (SSSR count). The van der Waals surface area contributed by atoms with E-state index in [9.17, 15) is 4.79 Å². The molecule has 23 heavy (non-hydrogen) atoms. The topological polar surface area (TPSA) is 29.5 Å². The predicted molar refractivity (Wildman–Crippen MR) is 94.2 cm³/mol. The molecule has 1 aliphatic rings. The minimum absolute atomic E-state index is 0.199. The number of ether oxygens (including phenoxy) is 1. The second-order valence-electron chi connectivity index (χ2n) is 6.92. The number of rotatable bonds is 4. The molecule has 122 valence electrons. The molecule has 1 saturated heterocycles. The lowest BCUT2D eigenvalue weighted by Gasteiger charge is -2.34. The summed E-state index contributed by atoms with van der Waals surface area (Å²) in [5.74, 6) is 2.35. The summed E-state index contributed by atoms with van der Waals surface area (Å²) in [6, 6.07) is 11.8. The van der Waals surface area contributed by atoms with Crippen molar-refractivity contribution in [1.82, 2.24) is 4.90 Å². The molecule has 3 heteroatoms. The van der Waals surface area contributed by atoms with E-state index in [1.165, 1.54) is 6.42 Å². The summed E-state index contributed by atoms with van der Waals surface area (Å²) >= 11 is 0. The molecule has 2 aromatic rings. The van der Waals surface area contributed by atoms with Crippen molar-refractivity contribution in [3.05, 3.63) is 42.0 Å². The summed E-state index contributed by atoms with van der Waals surface area (Å²) in [5.41, 5.74) is 0.798. The van der Waals surface area contributed by atoms with Gasteiger partial charge in [-0.2, -0.15) is 0 Å². The van der Waals surface area contributed by atoms with E-state index in [0.29, 0.717) is 18.4 Å². The van der Waals surface area contributed by atoms with Gasteiger partial charge in [-0.3, -0.25) is 9.69 Å². The largest absolute Gasteiger partial charge is 0.496 e. The normalized spacial score (nSPS) is 22.2. The van der Waals surface area contributed by atoms with Crippen LogP contribution in [0.3, 0.4) is 0 Å². The first-order valence-corrected chi connectivity index (χ1v) is 8.39. The third-order valence-electron chi connectivity index (χ3n) is 4.72. The van der Waals surface area contributed by atoms with Crippen LogP contribution in [-0.4, -0.2) is 37.4 Å². The smallest absolute Gasteiger partial charge is 0.177 e. The van der Waals surface area contributed by atoms with Gasteiger partial charge in [-0.15, -0.1) is 0 Å².